The topological polar surface area (TPSA) is 79.7 Å². The molecule has 6 nitrogen and oxygen atoms in total. The van der Waals surface area contributed by atoms with Crippen LogP contribution in [-0.2, 0) is 16.6 Å². The Labute approximate surface area is 127 Å². The van der Waals surface area contributed by atoms with Crippen LogP contribution in [-0.4, -0.2) is 43.1 Å². The van der Waals surface area contributed by atoms with Gasteiger partial charge in [0.1, 0.15) is 12.4 Å². The maximum absolute atomic E-state index is 12.4. The van der Waals surface area contributed by atoms with Crippen molar-refractivity contribution in [3.05, 3.63) is 40.8 Å². The first kappa shape index (κ1) is 15.9. The highest BCUT2D eigenvalue weighted by molar-refractivity contribution is 7.89. The molecule has 2 aromatic rings. The summed E-state index contributed by atoms with van der Waals surface area (Å²) in [6.45, 7) is 0.320. The van der Waals surface area contributed by atoms with Gasteiger partial charge in [0, 0.05) is 12.4 Å². The Morgan fingerprint density at radius 1 is 1.33 bits per heavy atom. The molecule has 0 saturated heterocycles. The highest BCUT2D eigenvalue weighted by Gasteiger charge is 2.21. The molecule has 21 heavy (non-hydrogen) atoms. The molecule has 0 radical (unpaired) electrons. The fourth-order valence-corrected chi connectivity index (χ4v) is 3.37. The number of ether oxygens (including phenoxy) is 1. The average Bonchev–Trinajstić information content (AvgIpc) is 2.98. The van der Waals surface area contributed by atoms with Gasteiger partial charge in [-0.15, -0.1) is 11.3 Å². The van der Waals surface area contributed by atoms with Crippen molar-refractivity contribution in [1.29, 1.82) is 0 Å². The van der Waals surface area contributed by atoms with Crippen LogP contribution in [0.15, 0.2) is 40.1 Å². The van der Waals surface area contributed by atoms with Crippen molar-refractivity contribution in [1.82, 2.24) is 9.29 Å². The molecular formula is C13H16N2O4S2. The van der Waals surface area contributed by atoms with E-state index >= 15 is 0 Å². The predicted octanol–water partition coefficient (Wildman–Crippen LogP) is 1.33. The maximum Gasteiger partial charge on any atom is 0.243 e. The van der Waals surface area contributed by atoms with Crippen molar-refractivity contribution in [3.8, 4) is 5.75 Å². The summed E-state index contributed by atoms with van der Waals surface area (Å²) in [4.78, 5) is 4.27. The molecule has 0 aliphatic heterocycles. The number of hydrogen-bond acceptors (Lipinski definition) is 6. The normalized spacial score (nSPS) is 11.8. The zero-order valence-corrected chi connectivity index (χ0v) is 13.1. The van der Waals surface area contributed by atoms with Crippen LogP contribution in [0.25, 0.3) is 0 Å². The summed E-state index contributed by atoms with van der Waals surface area (Å²) in [5.74, 6) is 0.519. The van der Waals surface area contributed by atoms with Crippen LogP contribution in [0.4, 0.5) is 0 Å². The number of aliphatic hydroxyl groups excluding tert-OH is 1. The van der Waals surface area contributed by atoms with E-state index in [1.807, 2.05) is 5.38 Å². The highest BCUT2D eigenvalue weighted by atomic mass is 32.2. The van der Waals surface area contributed by atoms with Gasteiger partial charge in [-0.05, 0) is 24.3 Å². The van der Waals surface area contributed by atoms with Gasteiger partial charge in [0.05, 0.1) is 29.3 Å². The third-order valence-corrected chi connectivity index (χ3v) is 5.21. The number of aromatic nitrogens is 1. The van der Waals surface area contributed by atoms with E-state index in [0.717, 1.165) is 0 Å². The summed E-state index contributed by atoms with van der Waals surface area (Å²) in [6, 6.07) is 6.11. The fraction of sp³-hybridized carbons (Fsp3) is 0.308. The van der Waals surface area contributed by atoms with Crippen LogP contribution in [0, 0.1) is 0 Å². The third-order valence-electron chi connectivity index (χ3n) is 2.76. The smallest absolute Gasteiger partial charge is 0.243 e. The van der Waals surface area contributed by atoms with Gasteiger partial charge in [0.2, 0.25) is 10.0 Å². The number of rotatable bonds is 7. The molecule has 0 aliphatic carbocycles. The van der Waals surface area contributed by atoms with E-state index in [1.54, 1.807) is 17.6 Å². The summed E-state index contributed by atoms with van der Waals surface area (Å²) < 4.78 is 31.3. The quantitative estimate of drug-likeness (QED) is 0.829. The van der Waals surface area contributed by atoms with Gasteiger partial charge >= 0.3 is 0 Å². The Kier molecular flexibility index (Phi) is 5.29. The van der Waals surface area contributed by atoms with Crippen molar-refractivity contribution in [2.45, 2.75) is 11.4 Å². The summed E-state index contributed by atoms with van der Waals surface area (Å²) in [6.07, 6.45) is 0. The Morgan fingerprint density at radius 3 is 2.62 bits per heavy atom. The van der Waals surface area contributed by atoms with E-state index in [0.29, 0.717) is 11.4 Å². The second kappa shape index (κ2) is 6.99. The van der Waals surface area contributed by atoms with Gasteiger partial charge in [0.25, 0.3) is 0 Å². The van der Waals surface area contributed by atoms with Crippen molar-refractivity contribution in [2.75, 3.05) is 20.3 Å². The molecule has 1 heterocycles. The van der Waals surface area contributed by atoms with Gasteiger partial charge in [-0.25, -0.2) is 13.4 Å². The molecule has 8 heteroatoms. The van der Waals surface area contributed by atoms with Crippen molar-refractivity contribution in [3.63, 3.8) is 0 Å². The summed E-state index contributed by atoms with van der Waals surface area (Å²) in [5.41, 5.74) is 2.39. The lowest BCUT2D eigenvalue weighted by Gasteiger charge is -2.16. The van der Waals surface area contributed by atoms with E-state index in [1.165, 1.54) is 34.8 Å². The number of sulfonamides is 1. The van der Waals surface area contributed by atoms with E-state index < -0.39 is 10.0 Å². The molecule has 114 valence electrons. The van der Waals surface area contributed by atoms with Gasteiger partial charge in [-0.3, -0.25) is 0 Å². The standard InChI is InChI=1S/C13H16N2O4S2/c1-15(8-11-9-20-10-14-11)21(17,18)13-4-2-12(3-5-13)19-7-6-16/h2-5,9-10,16H,6-8H2,1H3. The summed E-state index contributed by atoms with van der Waals surface area (Å²) in [5, 5.41) is 10.5. The number of hydrogen-bond donors (Lipinski definition) is 1. The van der Waals surface area contributed by atoms with Crippen molar-refractivity contribution < 1.29 is 18.3 Å². The second-order valence-corrected chi connectivity index (χ2v) is 7.05. The van der Waals surface area contributed by atoms with Gasteiger partial charge in [-0.2, -0.15) is 4.31 Å². The summed E-state index contributed by atoms with van der Waals surface area (Å²) in [7, 11) is -2.04. The number of aliphatic hydroxyl groups is 1. The second-order valence-electron chi connectivity index (χ2n) is 4.28. The maximum atomic E-state index is 12.4. The minimum Gasteiger partial charge on any atom is -0.491 e. The van der Waals surface area contributed by atoms with Crippen LogP contribution >= 0.6 is 11.3 Å². The molecule has 1 N–H and O–H groups in total. The van der Waals surface area contributed by atoms with Gasteiger partial charge in [-0.1, -0.05) is 0 Å². The third kappa shape index (κ3) is 4.01. The molecular weight excluding hydrogens is 312 g/mol. The van der Waals surface area contributed by atoms with Crippen LogP contribution in [0.2, 0.25) is 0 Å². The minimum atomic E-state index is -3.56. The molecule has 0 aliphatic rings. The first-order chi connectivity index (χ1) is 10.0. The van der Waals surface area contributed by atoms with E-state index in [2.05, 4.69) is 4.98 Å². The van der Waals surface area contributed by atoms with Crippen molar-refractivity contribution in [2.24, 2.45) is 0 Å². The zero-order chi connectivity index (χ0) is 15.3. The highest BCUT2D eigenvalue weighted by Crippen LogP contribution is 2.20. The average molecular weight is 328 g/mol. The van der Waals surface area contributed by atoms with Gasteiger partial charge < -0.3 is 9.84 Å². The predicted molar refractivity (Wildman–Crippen MR) is 79.8 cm³/mol. The Hall–Kier alpha value is -1.48. The molecule has 0 unspecified atom stereocenters. The van der Waals surface area contributed by atoms with E-state index in [9.17, 15) is 8.42 Å². The lowest BCUT2D eigenvalue weighted by atomic mass is 10.3. The SMILES string of the molecule is CN(Cc1cscn1)S(=O)(=O)c1ccc(OCCO)cc1. The number of benzene rings is 1. The Morgan fingerprint density at radius 2 is 2.05 bits per heavy atom. The molecule has 0 saturated carbocycles. The van der Waals surface area contributed by atoms with Crippen LogP contribution in [0.1, 0.15) is 5.69 Å². The molecule has 2 rings (SSSR count). The molecule has 0 spiro atoms. The van der Waals surface area contributed by atoms with E-state index in [-0.39, 0.29) is 24.7 Å². The van der Waals surface area contributed by atoms with Crippen LogP contribution < -0.4 is 4.74 Å². The first-order valence-electron chi connectivity index (χ1n) is 6.21. The lowest BCUT2D eigenvalue weighted by Crippen LogP contribution is -2.26. The monoisotopic (exact) mass is 328 g/mol. The minimum absolute atomic E-state index is 0.0869. The zero-order valence-electron chi connectivity index (χ0n) is 11.5. The summed E-state index contributed by atoms with van der Waals surface area (Å²) >= 11 is 1.43. The molecule has 1 aromatic carbocycles. The van der Waals surface area contributed by atoms with Crippen LogP contribution in [0.5, 0.6) is 5.75 Å². The number of thiazole rings is 1. The largest absolute Gasteiger partial charge is 0.491 e. The fourth-order valence-electron chi connectivity index (χ4n) is 1.68. The molecule has 0 bridgehead atoms. The Bertz CT molecular complexity index is 654. The number of nitrogens with zero attached hydrogens (tertiary/aromatic N) is 2. The van der Waals surface area contributed by atoms with E-state index in [4.69, 9.17) is 9.84 Å². The molecule has 0 amide bonds. The first-order valence-corrected chi connectivity index (χ1v) is 8.59. The molecule has 1 aromatic heterocycles. The van der Waals surface area contributed by atoms with Crippen molar-refractivity contribution >= 4 is 21.4 Å². The molecule has 0 atom stereocenters. The molecule has 0 fully saturated rings. The Balaban J connectivity index is 2.11. The lowest BCUT2D eigenvalue weighted by molar-refractivity contribution is 0.201. The van der Waals surface area contributed by atoms with Crippen LogP contribution in [0.3, 0.4) is 0 Å². The van der Waals surface area contributed by atoms with Gasteiger partial charge in [0.15, 0.2) is 0 Å².